The summed E-state index contributed by atoms with van der Waals surface area (Å²) < 4.78 is 5.06. The van der Waals surface area contributed by atoms with Gasteiger partial charge in [-0.3, -0.25) is 9.89 Å². The molecule has 6 heteroatoms. The number of aromatic carboxylic acids is 1. The van der Waals surface area contributed by atoms with Gasteiger partial charge in [-0.15, -0.1) is 0 Å². The van der Waals surface area contributed by atoms with Crippen LogP contribution in [-0.4, -0.2) is 28.4 Å². The zero-order chi connectivity index (χ0) is 13.1. The summed E-state index contributed by atoms with van der Waals surface area (Å²) in [6.07, 6.45) is 0. The zero-order valence-electron chi connectivity index (χ0n) is 9.51. The van der Waals surface area contributed by atoms with Gasteiger partial charge in [0.25, 0.3) is 0 Å². The van der Waals surface area contributed by atoms with Crippen LogP contribution in [0, 0.1) is 0 Å². The van der Waals surface area contributed by atoms with Gasteiger partial charge in [0.1, 0.15) is 5.75 Å². The van der Waals surface area contributed by atoms with Crippen molar-refractivity contribution in [3.05, 3.63) is 46.2 Å². The quantitative estimate of drug-likeness (QED) is 0.847. The van der Waals surface area contributed by atoms with Crippen LogP contribution < -0.4 is 10.2 Å². The van der Waals surface area contributed by atoms with E-state index >= 15 is 0 Å². The predicted octanol–water partition coefficient (Wildman–Crippen LogP) is 1.14. The Kier molecular flexibility index (Phi) is 3.09. The molecule has 1 aromatic carbocycles. The number of hydrogen-bond acceptors (Lipinski definition) is 4. The first-order chi connectivity index (χ1) is 8.61. The Morgan fingerprint density at radius 1 is 1.39 bits per heavy atom. The van der Waals surface area contributed by atoms with E-state index in [1.165, 1.54) is 13.2 Å². The molecule has 0 bridgehead atoms. The molecule has 6 nitrogen and oxygen atoms in total. The van der Waals surface area contributed by atoms with Crippen molar-refractivity contribution in [1.82, 2.24) is 10.2 Å². The molecule has 0 spiro atoms. The summed E-state index contributed by atoms with van der Waals surface area (Å²) in [4.78, 5) is 22.2. The van der Waals surface area contributed by atoms with Crippen molar-refractivity contribution in [2.75, 3.05) is 7.11 Å². The van der Waals surface area contributed by atoms with Crippen molar-refractivity contribution in [2.45, 2.75) is 0 Å². The van der Waals surface area contributed by atoms with Crippen LogP contribution in [0.25, 0.3) is 11.3 Å². The highest BCUT2D eigenvalue weighted by Gasteiger charge is 2.11. The minimum Gasteiger partial charge on any atom is -0.497 e. The van der Waals surface area contributed by atoms with E-state index in [0.29, 0.717) is 17.0 Å². The summed E-state index contributed by atoms with van der Waals surface area (Å²) in [6, 6.07) is 8.20. The second-order valence-corrected chi connectivity index (χ2v) is 3.53. The maximum absolute atomic E-state index is 11.5. The van der Waals surface area contributed by atoms with Crippen molar-refractivity contribution >= 4 is 5.97 Å². The molecule has 0 unspecified atom stereocenters. The number of nitrogens with zero attached hydrogens (tertiary/aromatic N) is 1. The largest absolute Gasteiger partial charge is 0.497 e. The maximum atomic E-state index is 11.5. The van der Waals surface area contributed by atoms with Crippen LogP contribution >= 0.6 is 0 Å². The Labute approximate surface area is 102 Å². The highest BCUT2D eigenvalue weighted by atomic mass is 16.5. The molecule has 2 rings (SSSR count). The molecule has 1 aromatic heterocycles. The molecule has 0 aliphatic heterocycles. The number of aromatic nitrogens is 2. The summed E-state index contributed by atoms with van der Waals surface area (Å²) >= 11 is 0. The standard InChI is InChI=1S/C12H10N2O4/c1-18-8-4-2-3-7(5-8)9-6-10(15)11(12(16)17)14-13-9/h2-6H,1H3,(H,13,15)(H,16,17). The SMILES string of the molecule is COc1cccc(-c2cc(=O)c(C(=O)O)n[nH]2)c1. The van der Waals surface area contributed by atoms with Crippen molar-refractivity contribution in [1.29, 1.82) is 0 Å². The van der Waals surface area contributed by atoms with E-state index in [-0.39, 0.29) is 0 Å². The Bertz CT molecular complexity index is 649. The number of hydrogen-bond donors (Lipinski definition) is 2. The lowest BCUT2D eigenvalue weighted by atomic mass is 10.1. The van der Waals surface area contributed by atoms with Crippen LogP contribution in [0.15, 0.2) is 35.1 Å². The van der Waals surface area contributed by atoms with Crippen molar-refractivity contribution in [2.24, 2.45) is 0 Å². The van der Waals surface area contributed by atoms with Crippen molar-refractivity contribution in [3.63, 3.8) is 0 Å². The normalized spacial score (nSPS) is 10.1. The number of methoxy groups -OCH3 is 1. The van der Waals surface area contributed by atoms with Gasteiger partial charge in [0.15, 0.2) is 0 Å². The van der Waals surface area contributed by atoms with Crippen LogP contribution in [0.2, 0.25) is 0 Å². The molecule has 0 saturated carbocycles. The zero-order valence-corrected chi connectivity index (χ0v) is 9.51. The van der Waals surface area contributed by atoms with Gasteiger partial charge >= 0.3 is 5.97 Å². The van der Waals surface area contributed by atoms with Crippen molar-refractivity contribution < 1.29 is 14.6 Å². The lowest BCUT2D eigenvalue weighted by Gasteiger charge is -2.04. The number of rotatable bonds is 3. The molecule has 1 heterocycles. The Hall–Kier alpha value is -2.63. The summed E-state index contributed by atoms with van der Waals surface area (Å²) in [5.74, 6) is -0.718. The minimum absolute atomic E-state index is 0.434. The molecule has 92 valence electrons. The van der Waals surface area contributed by atoms with Gasteiger partial charge in [-0.25, -0.2) is 4.79 Å². The first-order valence-electron chi connectivity index (χ1n) is 5.09. The average molecular weight is 246 g/mol. The van der Waals surface area contributed by atoms with E-state index in [1.54, 1.807) is 24.3 Å². The van der Waals surface area contributed by atoms with Crippen molar-refractivity contribution in [3.8, 4) is 17.0 Å². The summed E-state index contributed by atoms with van der Waals surface area (Å²) in [5.41, 5.74) is -0.0412. The number of benzene rings is 1. The molecule has 0 aliphatic carbocycles. The number of nitrogens with one attached hydrogen (secondary N) is 1. The summed E-state index contributed by atoms with van der Waals surface area (Å²) in [6.45, 7) is 0. The van der Waals surface area contributed by atoms with Crippen LogP contribution in [-0.2, 0) is 0 Å². The fourth-order valence-corrected chi connectivity index (χ4v) is 1.49. The van der Waals surface area contributed by atoms with Gasteiger partial charge in [0, 0.05) is 11.6 Å². The number of ether oxygens (including phenoxy) is 1. The van der Waals surface area contributed by atoms with Gasteiger partial charge in [-0.1, -0.05) is 12.1 Å². The van der Waals surface area contributed by atoms with Gasteiger partial charge in [-0.2, -0.15) is 5.10 Å². The van der Waals surface area contributed by atoms with E-state index < -0.39 is 17.1 Å². The molecule has 0 fully saturated rings. The van der Waals surface area contributed by atoms with E-state index in [4.69, 9.17) is 9.84 Å². The van der Waals surface area contributed by atoms with Crippen LogP contribution in [0.4, 0.5) is 0 Å². The molecule has 2 N–H and O–H groups in total. The number of aromatic amines is 1. The van der Waals surface area contributed by atoms with Gasteiger partial charge in [0.05, 0.1) is 12.8 Å². The minimum atomic E-state index is -1.35. The number of carbonyl (C=O) groups is 1. The first-order valence-corrected chi connectivity index (χ1v) is 5.09. The molecule has 0 aliphatic rings. The van der Waals surface area contributed by atoms with Gasteiger partial charge < -0.3 is 9.84 Å². The predicted molar refractivity (Wildman–Crippen MR) is 63.8 cm³/mol. The highest BCUT2D eigenvalue weighted by Crippen LogP contribution is 2.20. The fraction of sp³-hybridized carbons (Fsp3) is 0.0833. The number of carboxylic acids is 1. The lowest BCUT2D eigenvalue weighted by Crippen LogP contribution is -2.17. The van der Waals surface area contributed by atoms with Gasteiger partial charge in [-0.05, 0) is 12.1 Å². The third kappa shape index (κ3) is 2.22. The molecule has 0 radical (unpaired) electrons. The Morgan fingerprint density at radius 3 is 2.78 bits per heavy atom. The average Bonchev–Trinajstić information content (AvgIpc) is 2.38. The Balaban J connectivity index is 2.48. The van der Waals surface area contributed by atoms with Crippen LogP contribution in [0.3, 0.4) is 0 Å². The lowest BCUT2D eigenvalue weighted by molar-refractivity contribution is 0.0687. The van der Waals surface area contributed by atoms with Crippen LogP contribution in [0.5, 0.6) is 5.75 Å². The van der Waals surface area contributed by atoms with E-state index in [9.17, 15) is 9.59 Å². The molecule has 18 heavy (non-hydrogen) atoms. The second kappa shape index (κ2) is 4.70. The third-order valence-electron chi connectivity index (χ3n) is 2.38. The van der Waals surface area contributed by atoms with Gasteiger partial charge in [0.2, 0.25) is 11.1 Å². The molecule has 0 amide bonds. The molecule has 0 atom stereocenters. The summed E-state index contributed by atoms with van der Waals surface area (Å²) in [5, 5.41) is 14.8. The van der Waals surface area contributed by atoms with E-state index in [1.807, 2.05) is 0 Å². The van der Waals surface area contributed by atoms with E-state index in [2.05, 4.69) is 10.2 Å². The number of carboxylic acid groups (broad SMARTS) is 1. The third-order valence-corrected chi connectivity index (χ3v) is 2.38. The molecular weight excluding hydrogens is 236 g/mol. The maximum Gasteiger partial charge on any atom is 0.360 e. The monoisotopic (exact) mass is 246 g/mol. The summed E-state index contributed by atoms with van der Waals surface area (Å²) in [7, 11) is 1.54. The van der Waals surface area contributed by atoms with Crippen LogP contribution in [0.1, 0.15) is 10.5 Å². The molecule has 0 saturated heterocycles. The highest BCUT2D eigenvalue weighted by molar-refractivity contribution is 5.85. The topological polar surface area (TPSA) is 92.3 Å². The van der Waals surface area contributed by atoms with E-state index in [0.717, 1.165) is 0 Å². The molecular formula is C12H10N2O4. The first kappa shape index (κ1) is 11.8. The Morgan fingerprint density at radius 2 is 2.17 bits per heavy atom. The smallest absolute Gasteiger partial charge is 0.360 e. The second-order valence-electron chi connectivity index (χ2n) is 3.53. The fourth-order valence-electron chi connectivity index (χ4n) is 1.49. The molecule has 2 aromatic rings. The number of H-pyrrole nitrogens is 1.